The normalized spacial score (nSPS) is 18.0. The Balaban J connectivity index is 3.37. The number of halogens is 1. The number of rotatable bonds is 3. The van der Waals surface area contributed by atoms with Crippen LogP contribution >= 0.6 is 11.6 Å². The molecule has 0 aliphatic rings. The van der Waals surface area contributed by atoms with Crippen LogP contribution < -0.4 is 0 Å². The van der Waals surface area contributed by atoms with E-state index in [2.05, 4.69) is 0 Å². The predicted octanol–water partition coefficient (Wildman–Crippen LogP) is 0.359. The highest BCUT2D eigenvalue weighted by atomic mass is 35.5. The van der Waals surface area contributed by atoms with Crippen LogP contribution in [-0.4, -0.2) is 28.3 Å². The van der Waals surface area contributed by atoms with Crippen LogP contribution in [0.15, 0.2) is 0 Å². The van der Waals surface area contributed by atoms with E-state index in [1.54, 1.807) is 6.92 Å². The van der Waals surface area contributed by atoms with Crippen molar-refractivity contribution in [1.29, 1.82) is 0 Å². The number of hydrogen-bond donors (Lipinski definition) is 2. The summed E-state index contributed by atoms with van der Waals surface area (Å²) in [5, 5.41) is 17.3. The quantitative estimate of drug-likeness (QED) is 0.553. The van der Waals surface area contributed by atoms with Crippen molar-refractivity contribution in [1.82, 2.24) is 0 Å². The Hall–Kier alpha value is 0.210. The van der Waals surface area contributed by atoms with E-state index < -0.39 is 5.60 Å². The summed E-state index contributed by atoms with van der Waals surface area (Å²) >= 11 is 5.31. The van der Waals surface area contributed by atoms with E-state index in [-0.39, 0.29) is 12.5 Å². The minimum Gasteiger partial charge on any atom is -0.396 e. The Kier molecular flexibility index (Phi) is 3.36. The number of alkyl halides is 1. The van der Waals surface area contributed by atoms with Gasteiger partial charge in [0, 0.05) is 13.0 Å². The summed E-state index contributed by atoms with van der Waals surface area (Å²) in [6, 6.07) is 0. The molecule has 2 N–H and O–H groups in total. The number of hydrogen-bond acceptors (Lipinski definition) is 2. The second-order valence-corrected chi connectivity index (χ2v) is 2.37. The lowest BCUT2D eigenvalue weighted by molar-refractivity contribution is 0.0548. The molecule has 0 aliphatic heterocycles. The SMILES string of the molecule is CC(O)(CCl)CCO. The van der Waals surface area contributed by atoms with Gasteiger partial charge in [-0.3, -0.25) is 0 Å². The van der Waals surface area contributed by atoms with Crippen LogP contribution in [0.4, 0.5) is 0 Å². The zero-order valence-corrected chi connectivity index (χ0v) is 5.65. The van der Waals surface area contributed by atoms with Crippen molar-refractivity contribution in [2.45, 2.75) is 18.9 Å². The van der Waals surface area contributed by atoms with Crippen LogP contribution in [0.5, 0.6) is 0 Å². The van der Waals surface area contributed by atoms with E-state index in [0.717, 1.165) is 0 Å². The Morgan fingerprint density at radius 1 is 1.62 bits per heavy atom. The lowest BCUT2D eigenvalue weighted by Crippen LogP contribution is -2.27. The third-order valence-electron chi connectivity index (χ3n) is 0.938. The molecule has 0 saturated carbocycles. The molecule has 0 spiro atoms. The molecule has 0 fully saturated rings. The van der Waals surface area contributed by atoms with Crippen molar-refractivity contribution in [2.75, 3.05) is 12.5 Å². The zero-order valence-electron chi connectivity index (χ0n) is 4.89. The van der Waals surface area contributed by atoms with Gasteiger partial charge in [0.05, 0.1) is 11.5 Å². The van der Waals surface area contributed by atoms with Crippen molar-refractivity contribution in [3.05, 3.63) is 0 Å². The summed E-state index contributed by atoms with van der Waals surface area (Å²) in [5.74, 6) is 0.174. The van der Waals surface area contributed by atoms with Crippen LogP contribution in [0.3, 0.4) is 0 Å². The summed E-state index contributed by atoms with van der Waals surface area (Å²) < 4.78 is 0. The number of aliphatic hydroxyl groups is 2. The molecule has 0 aromatic carbocycles. The van der Waals surface area contributed by atoms with Gasteiger partial charge in [0.25, 0.3) is 0 Å². The van der Waals surface area contributed by atoms with Gasteiger partial charge < -0.3 is 10.2 Å². The molecule has 0 radical (unpaired) electrons. The first kappa shape index (κ1) is 8.21. The lowest BCUT2D eigenvalue weighted by atomic mass is 10.1. The van der Waals surface area contributed by atoms with Gasteiger partial charge in [-0.1, -0.05) is 0 Å². The Morgan fingerprint density at radius 3 is 2.25 bits per heavy atom. The average molecular weight is 139 g/mol. The van der Waals surface area contributed by atoms with Gasteiger partial charge in [-0.05, 0) is 6.92 Å². The first-order valence-electron chi connectivity index (χ1n) is 2.51. The van der Waals surface area contributed by atoms with Gasteiger partial charge in [-0.25, -0.2) is 0 Å². The van der Waals surface area contributed by atoms with E-state index in [0.29, 0.717) is 6.42 Å². The molecule has 0 aliphatic carbocycles. The molecular weight excluding hydrogens is 128 g/mol. The lowest BCUT2D eigenvalue weighted by Gasteiger charge is -2.17. The molecule has 8 heavy (non-hydrogen) atoms. The molecule has 3 heteroatoms. The van der Waals surface area contributed by atoms with Crippen LogP contribution in [0.25, 0.3) is 0 Å². The largest absolute Gasteiger partial charge is 0.396 e. The van der Waals surface area contributed by atoms with Crippen molar-refractivity contribution in [3.8, 4) is 0 Å². The molecule has 0 aromatic rings. The van der Waals surface area contributed by atoms with Crippen molar-refractivity contribution in [2.24, 2.45) is 0 Å². The van der Waals surface area contributed by atoms with Gasteiger partial charge in [0.2, 0.25) is 0 Å². The minimum atomic E-state index is -0.893. The maximum atomic E-state index is 9.03. The van der Waals surface area contributed by atoms with Crippen molar-refractivity contribution in [3.63, 3.8) is 0 Å². The van der Waals surface area contributed by atoms with Crippen LogP contribution in [0.1, 0.15) is 13.3 Å². The molecule has 0 rings (SSSR count). The van der Waals surface area contributed by atoms with Crippen LogP contribution in [0.2, 0.25) is 0 Å². The molecule has 0 heterocycles. The molecule has 1 unspecified atom stereocenters. The maximum Gasteiger partial charge on any atom is 0.0776 e. The maximum absolute atomic E-state index is 9.03. The fourth-order valence-electron chi connectivity index (χ4n) is 0.308. The summed E-state index contributed by atoms with van der Waals surface area (Å²) in [7, 11) is 0. The molecule has 0 aromatic heterocycles. The molecule has 0 amide bonds. The molecule has 1 atom stereocenters. The Bertz CT molecular complexity index is 63.4. The second-order valence-electron chi connectivity index (χ2n) is 2.10. The minimum absolute atomic E-state index is 0.0142. The number of aliphatic hydroxyl groups excluding tert-OH is 1. The summed E-state index contributed by atoms with van der Waals surface area (Å²) in [6.07, 6.45) is 0.344. The molecule has 0 bridgehead atoms. The van der Waals surface area contributed by atoms with Crippen LogP contribution in [-0.2, 0) is 0 Å². The molecule has 2 nitrogen and oxygen atoms in total. The van der Waals surface area contributed by atoms with Crippen molar-refractivity contribution >= 4 is 11.6 Å². The second kappa shape index (κ2) is 3.28. The highest BCUT2D eigenvalue weighted by Gasteiger charge is 2.16. The Labute approximate surface area is 54.1 Å². The van der Waals surface area contributed by atoms with Crippen molar-refractivity contribution < 1.29 is 10.2 Å². The van der Waals surface area contributed by atoms with Gasteiger partial charge >= 0.3 is 0 Å². The highest BCUT2D eigenvalue weighted by molar-refractivity contribution is 6.18. The summed E-state index contributed by atoms with van der Waals surface area (Å²) in [5.41, 5.74) is -0.893. The summed E-state index contributed by atoms with van der Waals surface area (Å²) in [4.78, 5) is 0. The summed E-state index contributed by atoms with van der Waals surface area (Å²) in [6.45, 7) is 1.58. The fourth-order valence-corrected chi connectivity index (χ4v) is 0.441. The van der Waals surface area contributed by atoms with E-state index in [9.17, 15) is 0 Å². The highest BCUT2D eigenvalue weighted by Crippen LogP contribution is 2.09. The first-order chi connectivity index (χ1) is 3.62. The monoisotopic (exact) mass is 138 g/mol. The predicted molar refractivity (Wildman–Crippen MR) is 33.0 cm³/mol. The topological polar surface area (TPSA) is 40.5 Å². The Morgan fingerprint density at radius 2 is 2.12 bits per heavy atom. The van der Waals surface area contributed by atoms with E-state index in [1.807, 2.05) is 0 Å². The van der Waals surface area contributed by atoms with E-state index in [1.165, 1.54) is 0 Å². The molecule has 50 valence electrons. The van der Waals surface area contributed by atoms with Crippen LogP contribution in [0, 0.1) is 0 Å². The average Bonchev–Trinajstić information content (AvgIpc) is 1.67. The molecule has 0 saturated heterocycles. The fraction of sp³-hybridized carbons (Fsp3) is 1.00. The zero-order chi connectivity index (χ0) is 6.62. The first-order valence-corrected chi connectivity index (χ1v) is 3.05. The van der Waals surface area contributed by atoms with Gasteiger partial charge in [-0.15, -0.1) is 11.6 Å². The van der Waals surface area contributed by atoms with Gasteiger partial charge in [0.1, 0.15) is 0 Å². The van der Waals surface area contributed by atoms with E-state index in [4.69, 9.17) is 21.8 Å². The third kappa shape index (κ3) is 3.24. The van der Waals surface area contributed by atoms with E-state index >= 15 is 0 Å². The third-order valence-corrected chi connectivity index (χ3v) is 1.51. The van der Waals surface area contributed by atoms with Gasteiger partial charge in [-0.2, -0.15) is 0 Å². The smallest absolute Gasteiger partial charge is 0.0776 e. The standard InChI is InChI=1S/C5H11ClO2/c1-5(8,4-6)2-3-7/h7-8H,2-4H2,1H3. The van der Waals surface area contributed by atoms with Gasteiger partial charge in [0.15, 0.2) is 0 Å². The molecular formula is C5H11ClO2.